The van der Waals surface area contributed by atoms with Crippen molar-refractivity contribution in [1.29, 1.82) is 0 Å². The Labute approximate surface area is 125 Å². The van der Waals surface area contributed by atoms with Crippen LogP contribution in [0.5, 0.6) is 0 Å². The molecule has 0 bridgehead atoms. The average Bonchev–Trinajstić information content (AvgIpc) is 2.86. The predicted octanol–water partition coefficient (Wildman–Crippen LogP) is 3.62. The lowest BCUT2D eigenvalue weighted by molar-refractivity contribution is 0.356. The molecule has 4 heteroatoms. The molecule has 2 fully saturated rings. The first-order chi connectivity index (χ1) is 10.1. The van der Waals surface area contributed by atoms with Crippen LogP contribution >= 0.6 is 0 Å². The van der Waals surface area contributed by atoms with E-state index in [9.17, 15) is 8.78 Å². The lowest BCUT2D eigenvalue weighted by atomic mass is 9.91. The van der Waals surface area contributed by atoms with E-state index in [1.54, 1.807) is 0 Å². The Hall–Kier alpha value is -1.16. The predicted molar refractivity (Wildman–Crippen MR) is 81.4 cm³/mol. The third-order valence-corrected chi connectivity index (χ3v) is 4.91. The number of rotatable bonds is 3. The highest BCUT2D eigenvalue weighted by molar-refractivity contribution is 5.52. The van der Waals surface area contributed by atoms with Crippen molar-refractivity contribution >= 4 is 5.69 Å². The molecule has 0 spiro atoms. The molecule has 0 amide bonds. The van der Waals surface area contributed by atoms with Crippen LogP contribution in [0.25, 0.3) is 0 Å². The fraction of sp³-hybridized carbons (Fsp3) is 0.647. The minimum Gasteiger partial charge on any atom is -0.364 e. The van der Waals surface area contributed by atoms with Crippen LogP contribution < -0.4 is 10.6 Å². The van der Waals surface area contributed by atoms with Gasteiger partial charge in [0.2, 0.25) is 0 Å². The summed E-state index contributed by atoms with van der Waals surface area (Å²) in [6.45, 7) is 2.61. The van der Waals surface area contributed by atoms with Gasteiger partial charge in [0, 0.05) is 18.6 Å². The van der Waals surface area contributed by atoms with Gasteiger partial charge in [-0.25, -0.2) is 8.78 Å². The summed E-state index contributed by atoms with van der Waals surface area (Å²) in [5.41, 5.74) is 6.54. The lowest BCUT2D eigenvalue weighted by Gasteiger charge is -2.39. The monoisotopic (exact) mass is 294 g/mol. The van der Waals surface area contributed by atoms with Gasteiger partial charge in [0.15, 0.2) is 0 Å². The Bertz CT molecular complexity index is 493. The smallest absolute Gasteiger partial charge is 0.149 e. The number of nitrogens with two attached hydrogens (primary N) is 1. The van der Waals surface area contributed by atoms with Crippen LogP contribution in [0.15, 0.2) is 12.1 Å². The van der Waals surface area contributed by atoms with Crippen LogP contribution in [-0.4, -0.2) is 18.6 Å². The van der Waals surface area contributed by atoms with Gasteiger partial charge >= 0.3 is 0 Å². The Morgan fingerprint density at radius 1 is 1.19 bits per heavy atom. The number of anilines is 1. The highest BCUT2D eigenvalue weighted by Crippen LogP contribution is 2.40. The number of hydrogen-bond donors (Lipinski definition) is 1. The van der Waals surface area contributed by atoms with Gasteiger partial charge in [-0.15, -0.1) is 0 Å². The number of hydrogen-bond acceptors (Lipinski definition) is 2. The van der Waals surface area contributed by atoms with Crippen LogP contribution in [0.4, 0.5) is 14.5 Å². The fourth-order valence-electron chi connectivity index (χ4n) is 4.11. The number of fused-ring (bicyclic) bond motifs is 1. The standard InChI is InChI=1S/C17H24F2N2/c1-11(20)8-12-9-14(18)17(15(19)10-12)21-7-3-5-13-4-2-6-16(13)21/h9-11,13,16H,2-8,20H2,1H3. The zero-order valence-corrected chi connectivity index (χ0v) is 12.6. The first-order valence-corrected chi connectivity index (χ1v) is 8.06. The molecule has 116 valence electrons. The first-order valence-electron chi connectivity index (χ1n) is 8.06. The Morgan fingerprint density at radius 3 is 2.52 bits per heavy atom. The van der Waals surface area contributed by atoms with E-state index in [2.05, 4.69) is 0 Å². The molecule has 1 saturated heterocycles. The largest absolute Gasteiger partial charge is 0.364 e. The number of halogens is 2. The van der Waals surface area contributed by atoms with Gasteiger partial charge in [-0.2, -0.15) is 0 Å². The van der Waals surface area contributed by atoms with Gasteiger partial charge in [0.1, 0.15) is 17.3 Å². The summed E-state index contributed by atoms with van der Waals surface area (Å²) >= 11 is 0. The van der Waals surface area contributed by atoms with Crippen molar-refractivity contribution in [2.24, 2.45) is 11.7 Å². The van der Waals surface area contributed by atoms with Gasteiger partial charge in [0.05, 0.1) is 0 Å². The van der Waals surface area contributed by atoms with Crippen LogP contribution in [0.1, 0.15) is 44.6 Å². The van der Waals surface area contributed by atoms with Crippen molar-refractivity contribution in [1.82, 2.24) is 0 Å². The maximum atomic E-state index is 14.5. The van der Waals surface area contributed by atoms with Crippen molar-refractivity contribution in [2.75, 3.05) is 11.4 Å². The highest BCUT2D eigenvalue weighted by atomic mass is 19.1. The van der Waals surface area contributed by atoms with E-state index in [-0.39, 0.29) is 11.7 Å². The van der Waals surface area contributed by atoms with E-state index in [1.165, 1.54) is 31.4 Å². The molecule has 3 unspecified atom stereocenters. The molecule has 3 atom stereocenters. The molecule has 0 aromatic heterocycles. The molecule has 0 radical (unpaired) electrons. The summed E-state index contributed by atoms with van der Waals surface area (Å²) in [6.07, 6.45) is 6.17. The Balaban J connectivity index is 1.90. The molecule has 2 aliphatic rings. The second kappa shape index (κ2) is 5.91. The molecular formula is C17H24F2N2. The number of benzene rings is 1. The number of piperidine rings is 1. The van der Waals surface area contributed by atoms with Crippen molar-refractivity contribution in [2.45, 2.75) is 57.5 Å². The summed E-state index contributed by atoms with van der Waals surface area (Å²) in [6, 6.07) is 3.15. The van der Waals surface area contributed by atoms with Crippen molar-refractivity contribution in [3.8, 4) is 0 Å². The second-order valence-electron chi connectivity index (χ2n) is 6.68. The molecule has 3 rings (SSSR count). The van der Waals surface area contributed by atoms with E-state index >= 15 is 0 Å². The highest BCUT2D eigenvalue weighted by Gasteiger charge is 2.37. The molecule has 1 aliphatic heterocycles. The molecule has 2 nitrogen and oxygen atoms in total. The van der Waals surface area contributed by atoms with Crippen molar-refractivity contribution < 1.29 is 8.78 Å². The van der Waals surface area contributed by atoms with Crippen LogP contribution in [0.2, 0.25) is 0 Å². The SMILES string of the molecule is CC(N)Cc1cc(F)c(N2CCCC3CCCC32)c(F)c1. The Morgan fingerprint density at radius 2 is 1.86 bits per heavy atom. The summed E-state index contributed by atoms with van der Waals surface area (Å²) in [5.74, 6) is -0.252. The Kier molecular flexibility index (Phi) is 4.16. The van der Waals surface area contributed by atoms with Gasteiger partial charge in [-0.05, 0) is 62.6 Å². The maximum Gasteiger partial charge on any atom is 0.149 e. The quantitative estimate of drug-likeness (QED) is 0.922. The van der Waals surface area contributed by atoms with Crippen LogP contribution in [-0.2, 0) is 6.42 Å². The third kappa shape index (κ3) is 2.91. The third-order valence-electron chi connectivity index (χ3n) is 4.91. The summed E-state index contributed by atoms with van der Waals surface area (Å²) in [4.78, 5) is 1.99. The number of nitrogens with zero attached hydrogens (tertiary/aromatic N) is 1. The molecule has 2 N–H and O–H groups in total. The van der Waals surface area contributed by atoms with Crippen LogP contribution in [0.3, 0.4) is 0 Å². The summed E-state index contributed by atoms with van der Waals surface area (Å²) in [5, 5.41) is 0. The van der Waals surface area contributed by atoms with Crippen molar-refractivity contribution in [3.63, 3.8) is 0 Å². The zero-order chi connectivity index (χ0) is 15.0. The normalized spacial score (nSPS) is 26.8. The second-order valence-corrected chi connectivity index (χ2v) is 6.68. The molecule has 1 saturated carbocycles. The average molecular weight is 294 g/mol. The molecular weight excluding hydrogens is 270 g/mol. The topological polar surface area (TPSA) is 29.3 Å². The molecule has 1 aliphatic carbocycles. The first kappa shape index (κ1) is 14.8. The summed E-state index contributed by atoms with van der Waals surface area (Å²) in [7, 11) is 0. The lowest BCUT2D eigenvalue weighted by Crippen LogP contribution is -2.43. The van der Waals surface area contributed by atoms with Gasteiger partial charge < -0.3 is 10.6 Å². The van der Waals surface area contributed by atoms with E-state index in [4.69, 9.17) is 5.73 Å². The fourth-order valence-corrected chi connectivity index (χ4v) is 4.11. The van der Waals surface area contributed by atoms with Gasteiger partial charge in [-0.3, -0.25) is 0 Å². The van der Waals surface area contributed by atoms with E-state index < -0.39 is 11.6 Å². The zero-order valence-electron chi connectivity index (χ0n) is 12.6. The molecule has 1 heterocycles. The van der Waals surface area contributed by atoms with Gasteiger partial charge in [-0.1, -0.05) is 6.42 Å². The molecule has 1 aromatic carbocycles. The van der Waals surface area contributed by atoms with E-state index in [1.807, 2.05) is 11.8 Å². The van der Waals surface area contributed by atoms with E-state index in [0.29, 0.717) is 23.9 Å². The van der Waals surface area contributed by atoms with E-state index in [0.717, 1.165) is 19.4 Å². The maximum absolute atomic E-state index is 14.5. The summed E-state index contributed by atoms with van der Waals surface area (Å²) < 4.78 is 29.0. The molecule has 1 aromatic rings. The van der Waals surface area contributed by atoms with Crippen LogP contribution in [0, 0.1) is 17.6 Å². The molecule has 21 heavy (non-hydrogen) atoms. The van der Waals surface area contributed by atoms with Gasteiger partial charge in [0.25, 0.3) is 0 Å². The minimum atomic E-state index is -0.432. The van der Waals surface area contributed by atoms with Crippen molar-refractivity contribution in [3.05, 3.63) is 29.3 Å². The minimum absolute atomic E-state index is 0.0937.